The van der Waals surface area contributed by atoms with Gasteiger partial charge in [-0.05, 0) is 31.0 Å². The van der Waals surface area contributed by atoms with Crippen LogP contribution in [0.5, 0.6) is 0 Å². The third-order valence-corrected chi connectivity index (χ3v) is 2.80. The van der Waals surface area contributed by atoms with E-state index in [1.54, 1.807) is 0 Å². The molecule has 0 heterocycles. The molecule has 1 aromatic rings. The van der Waals surface area contributed by atoms with E-state index in [4.69, 9.17) is 17.3 Å². The molecular formula is C13H20Cl2N2. The lowest BCUT2D eigenvalue weighted by atomic mass is 10.0. The number of halogens is 2. The summed E-state index contributed by atoms with van der Waals surface area (Å²) in [4.78, 5) is 2.01. The second kappa shape index (κ2) is 6.90. The van der Waals surface area contributed by atoms with E-state index in [0.29, 0.717) is 0 Å². The summed E-state index contributed by atoms with van der Waals surface area (Å²) in [5.41, 5.74) is 9.20. The van der Waals surface area contributed by atoms with Crippen molar-refractivity contribution in [1.82, 2.24) is 0 Å². The van der Waals surface area contributed by atoms with Crippen LogP contribution in [0.2, 0.25) is 5.02 Å². The fraction of sp³-hybridized carbons (Fsp3) is 0.385. The Hall–Kier alpha value is -0.700. The van der Waals surface area contributed by atoms with Gasteiger partial charge in [-0.2, -0.15) is 0 Å². The highest BCUT2D eigenvalue weighted by atomic mass is 35.5. The number of anilines is 1. The van der Waals surface area contributed by atoms with E-state index >= 15 is 0 Å². The predicted octanol–water partition coefficient (Wildman–Crippen LogP) is 3.79. The normalized spacial score (nSPS) is 11.6. The van der Waals surface area contributed by atoms with Crippen LogP contribution in [0, 0.1) is 0 Å². The standard InChI is InChI=1S/C13H19ClN2.ClH/c1-9(2)7-13(15)11-6-5-10(16(3)4)8-12(11)14;/h5-6,8,13H,1,7,15H2,2-4H3;1H/t13-;/m0./s1. The SMILES string of the molecule is C=C(C)C[C@H](N)c1ccc(N(C)C)cc1Cl.Cl. The third-order valence-electron chi connectivity index (χ3n) is 2.47. The van der Waals surface area contributed by atoms with Crippen LogP contribution in [0.25, 0.3) is 0 Å². The van der Waals surface area contributed by atoms with Crippen molar-refractivity contribution in [2.45, 2.75) is 19.4 Å². The van der Waals surface area contributed by atoms with Crippen molar-refractivity contribution in [2.75, 3.05) is 19.0 Å². The zero-order valence-electron chi connectivity index (χ0n) is 10.5. The topological polar surface area (TPSA) is 29.3 Å². The molecule has 0 aliphatic heterocycles. The molecule has 0 fully saturated rings. The molecule has 0 saturated heterocycles. The predicted molar refractivity (Wildman–Crippen MR) is 79.4 cm³/mol. The molecule has 1 aromatic carbocycles. The highest BCUT2D eigenvalue weighted by Crippen LogP contribution is 2.28. The van der Waals surface area contributed by atoms with Crippen LogP contribution in [-0.2, 0) is 0 Å². The van der Waals surface area contributed by atoms with Gasteiger partial charge in [0.2, 0.25) is 0 Å². The number of hydrogen-bond donors (Lipinski definition) is 1. The van der Waals surface area contributed by atoms with Gasteiger partial charge < -0.3 is 10.6 Å². The number of hydrogen-bond acceptors (Lipinski definition) is 2. The maximum atomic E-state index is 6.22. The lowest BCUT2D eigenvalue weighted by molar-refractivity contribution is 0.717. The minimum absolute atomic E-state index is 0. The number of nitrogens with zero attached hydrogens (tertiary/aromatic N) is 1. The Morgan fingerprint density at radius 2 is 2.06 bits per heavy atom. The Balaban J connectivity index is 0.00000256. The van der Waals surface area contributed by atoms with Crippen LogP contribution in [0.4, 0.5) is 5.69 Å². The average Bonchev–Trinajstić information content (AvgIpc) is 2.15. The van der Waals surface area contributed by atoms with Crippen molar-refractivity contribution in [1.29, 1.82) is 0 Å². The van der Waals surface area contributed by atoms with E-state index in [2.05, 4.69) is 6.58 Å². The van der Waals surface area contributed by atoms with Crippen molar-refractivity contribution in [3.63, 3.8) is 0 Å². The summed E-state index contributed by atoms with van der Waals surface area (Å²) >= 11 is 6.22. The Morgan fingerprint density at radius 1 is 1.47 bits per heavy atom. The summed E-state index contributed by atoms with van der Waals surface area (Å²) in [6.45, 7) is 5.84. The summed E-state index contributed by atoms with van der Waals surface area (Å²) in [7, 11) is 3.97. The van der Waals surface area contributed by atoms with E-state index in [9.17, 15) is 0 Å². The van der Waals surface area contributed by atoms with Gasteiger partial charge in [0, 0.05) is 30.8 Å². The number of nitrogens with two attached hydrogens (primary N) is 1. The molecule has 0 aromatic heterocycles. The van der Waals surface area contributed by atoms with Gasteiger partial charge in [-0.15, -0.1) is 19.0 Å². The minimum atomic E-state index is -0.0683. The maximum Gasteiger partial charge on any atom is 0.0474 e. The monoisotopic (exact) mass is 274 g/mol. The summed E-state index contributed by atoms with van der Waals surface area (Å²) in [5, 5.41) is 0.722. The first-order valence-corrected chi connectivity index (χ1v) is 5.66. The van der Waals surface area contributed by atoms with Crippen molar-refractivity contribution in [3.05, 3.63) is 40.9 Å². The van der Waals surface area contributed by atoms with Gasteiger partial charge >= 0.3 is 0 Å². The zero-order valence-corrected chi connectivity index (χ0v) is 12.1. The molecule has 96 valence electrons. The molecule has 0 spiro atoms. The van der Waals surface area contributed by atoms with E-state index in [0.717, 1.165) is 28.3 Å². The molecule has 1 atom stereocenters. The minimum Gasteiger partial charge on any atom is -0.378 e. The summed E-state index contributed by atoms with van der Waals surface area (Å²) in [6.07, 6.45) is 0.765. The number of benzene rings is 1. The van der Waals surface area contributed by atoms with Gasteiger partial charge in [-0.3, -0.25) is 0 Å². The highest BCUT2D eigenvalue weighted by molar-refractivity contribution is 6.31. The highest BCUT2D eigenvalue weighted by Gasteiger charge is 2.11. The molecule has 0 saturated carbocycles. The largest absolute Gasteiger partial charge is 0.378 e. The van der Waals surface area contributed by atoms with Crippen LogP contribution in [0.15, 0.2) is 30.4 Å². The summed E-state index contributed by atoms with van der Waals surface area (Å²) in [5.74, 6) is 0. The first-order valence-electron chi connectivity index (χ1n) is 5.28. The number of rotatable bonds is 4. The molecule has 2 nitrogen and oxygen atoms in total. The van der Waals surface area contributed by atoms with E-state index < -0.39 is 0 Å². The van der Waals surface area contributed by atoms with E-state index in [1.165, 1.54) is 0 Å². The first kappa shape index (κ1) is 16.3. The van der Waals surface area contributed by atoms with Gasteiger partial charge in [0.25, 0.3) is 0 Å². The van der Waals surface area contributed by atoms with Crippen LogP contribution < -0.4 is 10.6 Å². The fourth-order valence-electron chi connectivity index (χ4n) is 1.58. The summed E-state index contributed by atoms with van der Waals surface area (Å²) in [6, 6.07) is 5.89. The van der Waals surface area contributed by atoms with Gasteiger partial charge in [-0.25, -0.2) is 0 Å². The van der Waals surface area contributed by atoms with Gasteiger partial charge in [0.1, 0.15) is 0 Å². The molecule has 0 aliphatic carbocycles. The zero-order chi connectivity index (χ0) is 12.3. The van der Waals surface area contributed by atoms with Crippen molar-refractivity contribution in [2.24, 2.45) is 5.73 Å². The maximum absolute atomic E-state index is 6.22. The van der Waals surface area contributed by atoms with Gasteiger partial charge in [0.15, 0.2) is 0 Å². The molecule has 1 rings (SSSR count). The van der Waals surface area contributed by atoms with Crippen LogP contribution >= 0.6 is 24.0 Å². The average molecular weight is 275 g/mol. The molecular weight excluding hydrogens is 255 g/mol. The van der Waals surface area contributed by atoms with Crippen LogP contribution in [0.1, 0.15) is 24.9 Å². The van der Waals surface area contributed by atoms with Crippen LogP contribution in [0.3, 0.4) is 0 Å². The quantitative estimate of drug-likeness (QED) is 0.847. The smallest absolute Gasteiger partial charge is 0.0474 e. The molecule has 2 N–H and O–H groups in total. The molecule has 0 bridgehead atoms. The van der Waals surface area contributed by atoms with E-state index in [-0.39, 0.29) is 18.4 Å². The fourth-order valence-corrected chi connectivity index (χ4v) is 1.90. The second-order valence-corrected chi connectivity index (χ2v) is 4.78. The van der Waals surface area contributed by atoms with Gasteiger partial charge in [0.05, 0.1) is 0 Å². The van der Waals surface area contributed by atoms with Crippen LogP contribution in [-0.4, -0.2) is 14.1 Å². The Bertz CT molecular complexity index is 389. The molecule has 0 aliphatic rings. The summed E-state index contributed by atoms with van der Waals surface area (Å²) < 4.78 is 0. The molecule has 0 amide bonds. The molecule has 0 unspecified atom stereocenters. The van der Waals surface area contributed by atoms with Crippen molar-refractivity contribution >= 4 is 29.7 Å². The Labute approximate surface area is 115 Å². The third kappa shape index (κ3) is 4.58. The molecule has 17 heavy (non-hydrogen) atoms. The second-order valence-electron chi connectivity index (χ2n) is 4.37. The Morgan fingerprint density at radius 3 is 2.47 bits per heavy atom. The molecule has 4 heteroatoms. The first-order chi connectivity index (χ1) is 7.41. The van der Waals surface area contributed by atoms with Crippen molar-refractivity contribution in [3.8, 4) is 0 Å². The van der Waals surface area contributed by atoms with Crippen molar-refractivity contribution < 1.29 is 0 Å². The lowest BCUT2D eigenvalue weighted by Crippen LogP contribution is -2.13. The van der Waals surface area contributed by atoms with Gasteiger partial charge in [-0.1, -0.05) is 23.2 Å². The molecule has 0 radical (unpaired) electrons. The van der Waals surface area contributed by atoms with E-state index in [1.807, 2.05) is 44.1 Å². The Kier molecular flexibility index (Phi) is 6.61. The lowest BCUT2D eigenvalue weighted by Gasteiger charge is -2.17.